The topological polar surface area (TPSA) is 42.7 Å². The first kappa shape index (κ1) is 17.7. The molecule has 0 N–H and O–H groups in total. The summed E-state index contributed by atoms with van der Waals surface area (Å²) < 4.78 is 12.2. The Kier molecular flexibility index (Phi) is 4.33. The van der Waals surface area contributed by atoms with E-state index in [0.717, 1.165) is 42.2 Å². The van der Waals surface area contributed by atoms with Crippen molar-refractivity contribution in [1.29, 1.82) is 0 Å². The third kappa shape index (κ3) is 2.79. The van der Waals surface area contributed by atoms with Gasteiger partial charge in [0.1, 0.15) is 11.5 Å². The molecule has 5 rings (SSSR count). The number of nitrogens with zero attached hydrogens (tertiary/aromatic N) is 1. The number of ketones is 1. The van der Waals surface area contributed by atoms with E-state index < -0.39 is 0 Å². The van der Waals surface area contributed by atoms with Crippen molar-refractivity contribution in [2.75, 3.05) is 19.8 Å². The van der Waals surface area contributed by atoms with Gasteiger partial charge in [-0.25, -0.2) is 0 Å². The largest absolute Gasteiger partial charge is 0.461 e. The van der Waals surface area contributed by atoms with Gasteiger partial charge in [0.25, 0.3) is 0 Å². The highest BCUT2D eigenvalue weighted by Gasteiger charge is 2.41. The van der Waals surface area contributed by atoms with Crippen molar-refractivity contribution < 1.29 is 13.9 Å². The van der Waals surface area contributed by atoms with E-state index in [0.29, 0.717) is 18.6 Å². The van der Waals surface area contributed by atoms with Gasteiger partial charge >= 0.3 is 0 Å². The van der Waals surface area contributed by atoms with Crippen molar-refractivity contribution in [2.45, 2.75) is 32.4 Å². The van der Waals surface area contributed by atoms with Crippen LogP contribution in [0.2, 0.25) is 0 Å². The Bertz CT molecular complexity index is 966. The maximum absolute atomic E-state index is 11.6. The van der Waals surface area contributed by atoms with E-state index in [4.69, 9.17) is 9.15 Å². The summed E-state index contributed by atoms with van der Waals surface area (Å²) in [5.41, 5.74) is 4.33. The van der Waals surface area contributed by atoms with E-state index in [9.17, 15) is 4.79 Å². The van der Waals surface area contributed by atoms with E-state index >= 15 is 0 Å². The van der Waals surface area contributed by atoms with Crippen LogP contribution in [0.25, 0.3) is 11.3 Å². The summed E-state index contributed by atoms with van der Waals surface area (Å²) in [6, 6.07) is 8.37. The number of morpholine rings is 1. The number of furan rings is 1. The van der Waals surface area contributed by atoms with Crippen molar-refractivity contribution in [3.8, 4) is 11.3 Å². The first-order valence-electron chi connectivity index (χ1n) is 10.1. The Morgan fingerprint density at radius 1 is 1.14 bits per heavy atom. The van der Waals surface area contributed by atoms with Crippen molar-refractivity contribution in [2.24, 2.45) is 5.92 Å². The smallest absolute Gasteiger partial charge is 0.159 e. The quantitative estimate of drug-likeness (QED) is 0.725. The molecule has 0 radical (unpaired) electrons. The molecule has 2 aromatic rings. The van der Waals surface area contributed by atoms with Crippen molar-refractivity contribution >= 4 is 5.78 Å². The molecule has 3 atom stereocenters. The van der Waals surface area contributed by atoms with Gasteiger partial charge in [0.05, 0.1) is 19.3 Å². The Hall–Kier alpha value is -2.43. The minimum Gasteiger partial charge on any atom is -0.461 e. The molecule has 4 heteroatoms. The molecule has 2 aliphatic heterocycles. The normalized spacial score (nSPS) is 26.3. The summed E-state index contributed by atoms with van der Waals surface area (Å²) in [6.45, 7) is 6.05. The van der Waals surface area contributed by atoms with Gasteiger partial charge in [0, 0.05) is 35.2 Å². The molecule has 1 aliphatic carbocycles. The highest BCUT2D eigenvalue weighted by atomic mass is 16.5. The standard InChI is InChI=1S/C24H25NO3/c1-15(26)17-7-9-18(10-8-17)24-23-20(16(2)28-24)13-19-5-3-4-6-21(19)25-11-12-27-14-22(23)25/h3-10,19,21-22H,11-14H2,1-2H3/t19?,21?,22-/m0/s1. The molecule has 1 fully saturated rings. The van der Waals surface area contributed by atoms with Crippen LogP contribution in [-0.2, 0) is 11.2 Å². The van der Waals surface area contributed by atoms with E-state index in [1.807, 2.05) is 24.3 Å². The van der Waals surface area contributed by atoms with Crippen molar-refractivity contribution in [3.63, 3.8) is 0 Å². The van der Waals surface area contributed by atoms with Crippen LogP contribution in [0, 0.1) is 12.8 Å². The summed E-state index contributed by atoms with van der Waals surface area (Å²) in [5.74, 6) is 2.45. The number of fused-ring (bicyclic) bond motifs is 5. The van der Waals surface area contributed by atoms with Gasteiger partial charge in [-0.15, -0.1) is 0 Å². The Morgan fingerprint density at radius 2 is 1.93 bits per heavy atom. The Morgan fingerprint density at radius 3 is 2.71 bits per heavy atom. The van der Waals surface area contributed by atoms with Gasteiger partial charge in [0.2, 0.25) is 0 Å². The maximum Gasteiger partial charge on any atom is 0.159 e. The molecule has 3 aliphatic rings. The SMILES string of the molecule is CC(=O)c1ccc(-c2oc(C)c3c2[C@@H]2COCCN2C2C=CC=CC2C3)cc1. The summed E-state index contributed by atoms with van der Waals surface area (Å²) >= 11 is 0. The average molecular weight is 375 g/mol. The zero-order chi connectivity index (χ0) is 19.3. The second-order valence-corrected chi connectivity index (χ2v) is 7.97. The first-order valence-corrected chi connectivity index (χ1v) is 10.1. The van der Waals surface area contributed by atoms with Crippen molar-refractivity contribution in [3.05, 3.63) is 71.0 Å². The molecule has 1 aromatic carbocycles. The predicted octanol–water partition coefficient (Wildman–Crippen LogP) is 4.50. The number of ether oxygens (including phenoxy) is 1. The second kappa shape index (κ2) is 6.87. The van der Waals surface area contributed by atoms with Gasteiger partial charge in [0.15, 0.2) is 5.78 Å². The number of allylic oxidation sites excluding steroid dienone is 2. The number of rotatable bonds is 2. The van der Waals surface area contributed by atoms with Crippen LogP contribution < -0.4 is 0 Å². The van der Waals surface area contributed by atoms with Crippen LogP contribution >= 0.6 is 0 Å². The summed E-state index contributed by atoms with van der Waals surface area (Å²) in [4.78, 5) is 14.2. The Balaban J connectivity index is 1.64. The molecule has 0 bridgehead atoms. The maximum atomic E-state index is 11.6. The number of aryl methyl sites for hydroxylation is 1. The van der Waals surface area contributed by atoms with Gasteiger partial charge in [-0.05, 0) is 25.8 Å². The highest BCUT2D eigenvalue weighted by molar-refractivity contribution is 5.94. The lowest BCUT2D eigenvalue weighted by atomic mass is 9.88. The fourth-order valence-electron chi connectivity index (χ4n) is 4.92. The molecule has 0 amide bonds. The molecule has 0 spiro atoms. The molecule has 2 unspecified atom stereocenters. The molecule has 0 saturated carbocycles. The van der Waals surface area contributed by atoms with E-state index in [1.165, 1.54) is 11.1 Å². The molecule has 1 aromatic heterocycles. The van der Waals surface area contributed by atoms with Gasteiger partial charge < -0.3 is 9.15 Å². The van der Waals surface area contributed by atoms with Crippen LogP contribution in [0.15, 0.2) is 53.0 Å². The van der Waals surface area contributed by atoms with E-state index in [-0.39, 0.29) is 11.8 Å². The number of hydrogen-bond donors (Lipinski definition) is 0. The van der Waals surface area contributed by atoms with Crippen molar-refractivity contribution in [1.82, 2.24) is 4.90 Å². The number of benzene rings is 1. The number of carbonyl (C=O) groups excluding carboxylic acids is 1. The van der Waals surface area contributed by atoms with Gasteiger partial charge in [-0.2, -0.15) is 0 Å². The minimum absolute atomic E-state index is 0.0792. The van der Waals surface area contributed by atoms with Crippen LogP contribution in [-0.4, -0.2) is 36.5 Å². The lowest BCUT2D eigenvalue weighted by Gasteiger charge is -2.41. The minimum atomic E-state index is 0.0792. The molecule has 1 saturated heterocycles. The monoisotopic (exact) mass is 375 g/mol. The second-order valence-electron chi connectivity index (χ2n) is 7.97. The van der Waals surface area contributed by atoms with Crippen LogP contribution in [0.5, 0.6) is 0 Å². The Labute approximate surface area is 165 Å². The third-order valence-electron chi connectivity index (χ3n) is 6.35. The zero-order valence-electron chi connectivity index (χ0n) is 16.4. The van der Waals surface area contributed by atoms with E-state index in [1.54, 1.807) is 6.92 Å². The summed E-state index contributed by atoms with van der Waals surface area (Å²) in [6.07, 6.45) is 9.98. The highest BCUT2D eigenvalue weighted by Crippen LogP contribution is 2.45. The molecule has 144 valence electrons. The molecule has 28 heavy (non-hydrogen) atoms. The summed E-state index contributed by atoms with van der Waals surface area (Å²) in [7, 11) is 0. The van der Waals surface area contributed by atoms with Crippen LogP contribution in [0.4, 0.5) is 0 Å². The van der Waals surface area contributed by atoms with E-state index in [2.05, 4.69) is 36.1 Å². The number of carbonyl (C=O) groups is 1. The third-order valence-corrected chi connectivity index (χ3v) is 6.35. The lowest BCUT2D eigenvalue weighted by Crippen LogP contribution is -2.47. The summed E-state index contributed by atoms with van der Waals surface area (Å²) in [5, 5.41) is 0. The molecule has 4 nitrogen and oxygen atoms in total. The number of hydrogen-bond acceptors (Lipinski definition) is 4. The predicted molar refractivity (Wildman–Crippen MR) is 108 cm³/mol. The average Bonchev–Trinajstić information content (AvgIpc) is 2.96. The van der Waals surface area contributed by atoms with Gasteiger partial charge in [-0.1, -0.05) is 48.6 Å². The molecule has 3 heterocycles. The first-order chi connectivity index (χ1) is 13.6. The molecular formula is C24H25NO3. The van der Waals surface area contributed by atoms with Crippen LogP contribution in [0.1, 0.15) is 40.2 Å². The fraction of sp³-hybridized carbons (Fsp3) is 0.375. The fourth-order valence-corrected chi connectivity index (χ4v) is 4.92. The van der Waals surface area contributed by atoms with Crippen LogP contribution in [0.3, 0.4) is 0 Å². The molecular weight excluding hydrogens is 350 g/mol. The number of Topliss-reactive ketones (excluding diaryl/α,β-unsaturated/α-hetero) is 1. The van der Waals surface area contributed by atoms with Gasteiger partial charge in [-0.3, -0.25) is 9.69 Å². The lowest BCUT2D eigenvalue weighted by molar-refractivity contribution is -0.0255. The zero-order valence-corrected chi connectivity index (χ0v) is 16.4.